The number of rotatable bonds is 6. The lowest BCUT2D eigenvalue weighted by Gasteiger charge is -2.20. The zero-order chi connectivity index (χ0) is 14.4. The van der Waals surface area contributed by atoms with Crippen LogP contribution in [0.25, 0.3) is 0 Å². The summed E-state index contributed by atoms with van der Waals surface area (Å²) in [5.74, 6) is -0.501. The van der Waals surface area contributed by atoms with E-state index in [-0.39, 0.29) is 23.0 Å². The first-order chi connectivity index (χ1) is 8.95. The molecule has 2 atom stereocenters. The van der Waals surface area contributed by atoms with Crippen molar-refractivity contribution >= 4 is 17.5 Å². The van der Waals surface area contributed by atoms with Crippen LogP contribution in [0.4, 0.5) is 4.39 Å². The molecular formula is C14H20ClFN2O. The van der Waals surface area contributed by atoms with Gasteiger partial charge in [-0.2, -0.15) is 0 Å². The Balaban J connectivity index is 2.60. The van der Waals surface area contributed by atoms with Crippen molar-refractivity contribution < 1.29 is 9.18 Å². The summed E-state index contributed by atoms with van der Waals surface area (Å²) in [4.78, 5) is 11.7. The molecule has 2 unspecified atom stereocenters. The molecule has 1 aromatic rings. The first-order valence-corrected chi connectivity index (χ1v) is 6.82. The van der Waals surface area contributed by atoms with Gasteiger partial charge in [0.15, 0.2) is 0 Å². The molecule has 1 amide bonds. The van der Waals surface area contributed by atoms with Gasteiger partial charge in [-0.25, -0.2) is 4.39 Å². The quantitative estimate of drug-likeness (QED) is 0.844. The zero-order valence-electron chi connectivity index (χ0n) is 11.5. The highest BCUT2D eigenvalue weighted by molar-refractivity contribution is 6.30. The van der Waals surface area contributed by atoms with Gasteiger partial charge in [0, 0.05) is 12.6 Å². The van der Waals surface area contributed by atoms with Crippen molar-refractivity contribution in [2.75, 3.05) is 6.54 Å². The molecule has 5 heteroatoms. The largest absolute Gasteiger partial charge is 0.355 e. The number of carbonyl (C=O) groups excluding carboxylic acids is 1. The highest BCUT2D eigenvalue weighted by Gasteiger charge is 2.16. The van der Waals surface area contributed by atoms with Crippen LogP contribution in [0.15, 0.2) is 18.2 Å². The molecule has 0 saturated heterocycles. The third kappa shape index (κ3) is 4.80. The number of halogens is 2. The second-order valence-electron chi connectivity index (χ2n) is 4.57. The minimum absolute atomic E-state index is 0.0527. The van der Waals surface area contributed by atoms with Gasteiger partial charge >= 0.3 is 0 Å². The first kappa shape index (κ1) is 15.9. The lowest BCUT2D eigenvalue weighted by Crippen LogP contribution is -2.43. The van der Waals surface area contributed by atoms with Crippen molar-refractivity contribution in [3.63, 3.8) is 0 Å². The molecule has 0 aromatic heterocycles. The van der Waals surface area contributed by atoms with Gasteiger partial charge in [-0.3, -0.25) is 10.1 Å². The number of amides is 1. The lowest BCUT2D eigenvalue weighted by molar-refractivity contribution is -0.122. The lowest BCUT2D eigenvalue weighted by atomic mass is 10.1. The van der Waals surface area contributed by atoms with Gasteiger partial charge < -0.3 is 5.32 Å². The molecule has 0 saturated carbocycles. The molecule has 2 N–H and O–H groups in total. The number of carbonyl (C=O) groups is 1. The topological polar surface area (TPSA) is 41.1 Å². The van der Waals surface area contributed by atoms with Crippen LogP contribution in [0.5, 0.6) is 0 Å². The van der Waals surface area contributed by atoms with Crippen molar-refractivity contribution in [1.29, 1.82) is 0 Å². The predicted octanol–water partition coefficient (Wildman–Crippen LogP) is 3.04. The summed E-state index contributed by atoms with van der Waals surface area (Å²) >= 11 is 5.64. The number of benzene rings is 1. The molecule has 0 fully saturated rings. The fourth-order valence-electron chi connectivity index (χ4n) is 1.73. The Morgan fingerprint density at radius 1 is 1.42 bits per heavy atom. The van der Waals surface area contributed by atoms with E-state index in [2.05, 4.69) is 10.6 Å². The normalized spacial score (nSPS) is 13.9. The van der Waals surface area contributed by atoms with Crippen LogP contribution in [0.3, 0.4) is 0 Å². The van der Waals surface area contributed by atoms with Crippen molar-refractivity contribution in [3.8, 4) is 0 Å². The average Bonchev–Trinajstić information content (AvgIpc) is 2.38. The molecule has 1 aromatic carbocycles. The molecule has 0 radical (unpaired) electrons. The van der Waals surface area contributed by atoms with Crippen molar-refractivity contribution in [2.24, 2.45) is 0 Å². The minimum Gasteiger partial charge on any atom is -0.355 e. The Kier molecular flexibility index (Phi) is 6.25. The highest BCUT2D eigenvalue weighted by atomic mass is 35.5. The summed E-state index contributed by atoms with van der Waals surface area (Å²) in [6, 6.07) is 4.19. The summed E-state index contributed by atoms with van der Waals surface area (Å²) in [6.07, 6.45) is 0.899. The molecule has 19 heavy (non-hydrogen) atoms. The Bertz CT molecular complexity index is 439. The number of hydrogen-bond acceptors (Lipinski definition) is 2. The zero-order valence-corrected chi connectivity index (χ0v) is 12.2. The van der Waals surface area contributed by atoms with E-state index in [1.807, 2.05) is 13.8 Å². The summed E-state index contributed by atoms with van der Waals surface area (Å²) in [5, 5.41) is 6.04. The molecule has 0 heterocycles. The van der Waals surface area contributed by atoms with Gasteiger partial charge in [0.1, 0.15) is 5.82 Å². The van der Waals surface area contributed by atoms with Crippen LogP contribution in [0, 0.1) is 5.82 Å². The van der Waals surface area contributed by atoms with Crippen molar-refractivity contribution in [1.82, 2.24) is 10.6 Å². The molecule has 3 nitrogen and oxygen atoms in total. The smallest absolute Gasteiger partial charge is 0.236 e. The molecule has 0 bridgehead atoms. The Morgan fingerprint density at radius 3 is 2.68 bits per heavy atom. The summed E-state index contributed by atoms with van der Waals surface area (Å²) in [5.41, 5.74) is 0.761. The van der Waals surface area contributed by atoms with E-state index in [0.717, 1.165) is 12.0 Å². The standard InChI is InChI=1S/C14H20ClFN2O/c1-4-7-17-14(19)10(3)18-9(2)11-5-6-12(15)13(16)8-11/h5-6,8-10,18H,4,7H2,1-3H3,(H,17,19). The van der Waals surface area contributed by atoms with Crippen LogP contribution < -0.4 is 10.6 Å². The molecule has 106 valence electrons. The van der Waals surface area contributed by atoms with E-state index in [0.29, 0.717) is 6.54 Å². The Morgan fingerprint density at radius 2 is 2.11 bits per heavy atom. The number of nitrogens with one attached hydrogen (secondary N) is 2. The second-order valence-corrected chi connectivity index (χ2v) is 4.98. The molecule has 0 spiro atoms. The van der Waals surface area contributed by atoms with Crippen molar-refractivity contribution in [2.45, 2.75) is 39.3 Å². The fraction of sp³-hybridized carbons (Fsp3) is 0.500. The number of hydrogen-bond donors (Lipinski definition) is 2. The van der Waals surface area contributed by atoms with E-state index in [1.54, 1.807) is 13.0 Å². The monoisotopic (exact) mass is 286 g/mol. The molecular weight excluding hydrogens is 267 g/mol. The maximum atomic E-state index is 13.4. The van der Waals surface area contributed by atoms with Crippen LogP contribution in [0.1, 0.15) is 38.8 Å². The molecule has 0 aliphatic rings. The van der Waals surface area contributed by atoms with Crippen molar-refractivity contribution in [3.05, 3.63) is 34.6 Å². The van der Waals surface area contributed by atoms with Crippen LogP contribution in [0.2, 0.25) is 5.02 Å². The van der Waals surface area contributed by atoms with E-state index in [1.165, 1.54) is 12.1 Å². The first-order valence-electron chi connectivity index (χ1n) is 6.44. The van der Waals surface area contributed by atoms with Gasteiger partial charge in [0.25, 0.3) is 0 Å². The Hall–Kier alpha value is -1.13. The minimum atomic E-state index is -0.448. The van der Waals surface area contributed by atoms with E-state index in [9.17, 15) is 9.18 Å². The van der Waals surface area contributed by atoms with Gasteiger partial charge in [-0.1, -0.05) is 24.6 Å². The van der Waals surface area contributed by atoms with E-state index in [4.69, 9.17) is 11.6 Å². The van der Waals surface area contributed by atoms with Crippen LogP contribution in [-0.2, 0) is 4.79 Å². The molecule has 1 rings (SSSR count). The maximum Gasteiger partial charge on any atom is 0.236 e. The maximum absolute atomic E-state index is 13.4. The summed E-state index contributed by atoms with van der Waals surface area (Å²) < 4.78 is 13.4. The van der Waals surface area contributed by atoms with E-state index < -0.39 is 5.82 Å². The third-order valence-corrected chi connectivity index (χ3v) is 3.19. The summed E-state index contributed by atoms with van der Waals surface area (Å²) in [6.45, 7) is 6.33. The van der Waals surface area contributed by atoms with E-state index >= 15 is 0 Å². The third-order valence-electron chi connectivity index (χ3n) is 2.89. The van der Waals surface area contributed by atoms with Gasteiger partial charge in [0.2, 0.25) is 5.91 Å². The van der Waals surface area contributed by atoms with Crippen LogP contribution >= 0.6 is 11.6 Å². The fourth-order valence-corrected chi connectivity index (χ4v) is 1.85. The van der Waals surface area contributed by atoms with Gasteiger partial charge in [-0.05, 0) is 38.0 Å². The Labute approximate surface area is 118 Å². The summed E-state index contributed by atoms with van der Waals surface area (Å²) in [7, 11) is 0. The van der Waals surface area contributed by atoms with Crippen LogP contribution in [-0.4, -0.2) is 18.5 Å². The second kappa shape index (κ2) is 7.46. The predicted molar refractivity (Wildman–Crippen MR) is 75.7 cm³/mol. The average molecular weight is 287 g/mol. The van der Waals surface area contributed by atoms with Gasteiger partial charge in [0.05, 0.1) is 11.1 Å². The highest BCUT2D eigenvalue weighted by Crippen LogP contribution is 2.20. The molecule has 0 aliphatic heterocycles. The van der Waals surface area contributed by atoms with Gasteiger partial charge in [-0.15, -0.1) is 0 Å². The SMILES string of the molecule is CCCNC(=O)C(C)NC(C)c1ccc(Cl)c(F)c1. The molecule has 0 aliphatic carbocycles.